The first kappa shape index (κ1) is 31.5. The number of nitrogens with zero attached hydrogens (tertiary/aromatic N) is 1. The first-order chi connectivity index (χ1) is 17.3. The van der Waals surface area contributed by atoms with E-state index >= 15 is 0 Å². The number of methoxy groups -OCH3 is 2. The molecule has 8 nitrogen and oxygen atoms in total. The van der Waals surface area contributed by atoms with Gasteiger partial charge in [0, 0.05) is 31.5 Å². The molecule has 8 heteroatoms. The maximum Gasteiger partial charge on any atom is 0.414 e. The number of amides is 2. The third-order valence-corrected chi connectivity index (χ3v) is 5.86. The van der Waals surface area contributed by atoms with Gasteiger partial charge in [0.2, 0.25) is 5.91 Å². The second-order valence-corrected chi connectivity index (χ2v) is 8.41. The second kappa shape index (κ2) is 15.5. The van der Waals surface area contributed by atoms with Crippen LogP contribution in [0.2, 0.25) is 0 Å². The van der Waals surface area contributed by atoms with Crippen molar-refractivity contribution in [2.45, 2.75) is 66.9 Å². The minimum absolute atomic E-state index is 0. The highest BCUT2D eigenvalue weighted by Gasteiger charge is 2.32. The normalized spacial score (nSPS) is 15.8. The number of cyclic esters (lactones) is 1. The van der Waals surface area contributed by atoms with E-state index in [1.54, 1.807) is 19.1 Å². The average molecular weight is 515 g/mol. The van der Waals surface area contributed by atoms with Crippen LogP contribution in [-0.2, 0) is 27.2 Å². The number of hydrogen-bond donors (Lipinski definition) is 1. The smallest absolute Gasteiger partial charge is 0.414 e. The molecule has 0 spiro atoms. The summed E-state index contributed by atoms with van der Waals surface area (Å²) in [4.78, 5) is 36.3. The molecule has 2 aromatic rings. The van der Waals surface area contributed by atoms with Gasteiger partial charge in [0.05, 0.1) is 27.3 Å². The number of ketones is 1. The predicted molar refractivity (Wildman–Crippen MR) is 147 cm³/mol. The molecular formula is C29H42N2O6. The first-order valence-corrected chi connectivity index (χ1v) is 12.4. The number of rotatable bonds is 5. The number of hydrogen-bond acceptors (Lipinski definition) is 6. The van der Waals surface area contributed by atoms with Crippen LogP contribution < -0.4 is 19.7 Å². The number of nitrogens with one attached hydrogen (secondary N) is 1. The lowest BCUT2D eigenvalue weighted by molar-refractivity contribution is -0.119. The molecule has 0 saturated carbocycles. The van der Waals surface area contributed by atoms with Crippen LogP contribution in [0.15, 0.2) is 36.4 Å². The van der Waals surface area contributed by atoms with E-state index in [0.29, 0.717) is 25.9 Å². The molecule has 0 aromatic heterocycles. The summed E-state index contributed by atoms with van der Waals surface area (Å²) in [5, 5.41) is 2.66. The molecule has 2 aromatic carbocycles. The van der Waals surface area contributed by atoms with Crippen LogP contribution in [-0.4, -0.2) is 51.2 Å². The summed E-state index contributed by atoms with van der Waals surface area (Å²) in [7, 11) is 3.30. The van der Waals surface area contributed by atoms with E-state index in [-0.39, 0.29) is 25.2 Å². The number of ether oxygens (including phenoxy) is 3. The van der Waals surface area contributed by atoms with Crippen LogP contribution >= 0.6 is 0 Å². The van der Waals surface area contributed by atoms with Gasteiger partial charge >= 0.3 is 6.09 Å². The number of carbonyl (C=O) groups excluding carboxylic acids is 3. The van der Waals surface area contributed by atoms with Crippen LogP contribution in [0.1, 0.15) is 57.7 Å². The fraction of sp³-hybridized carbons (Fsp3) is 0.483. The Kier molecular flexibility index (Phi) is 13.2. The Morgan fingerprint density at radius 3 is 2.43 bits per heavy atom. The summed E-state index contributed by atoms with van der Waals surface area (Å²) in [6.07, 6.45) is 2.06. The third kappa shape index (κ3) is 9.12. The summed E-state index contributed by atoms with van der Waals surface area (Å²) in [6.45, 7) is 8.16. The van der Waals surface area contributed by atoms with Crippen molar-refractivity contribution in [3.8, 4) is 11.5 Å². The van der Waals surface area contributed by atoms with Crippen LogP contribution in [0.5, 0.6) is 11.5 Å². The molecule has 1 aliphatic heterocycles. The van der Waals surface area contributed by atoms with Crippen LogP contribution in [0.4, 0.5) is 10.5 Å². The van der Waals surface area contributed by atoms with E-state index in [9.17, 15) is 14.4 Å². The summed E-state index contributed by atoms with van der Waals surface area (Å²) in [6, 6.07) is 11.5. The van der Waals surface area contributed by atoms with Crippen molar-refractivity contribution < 1.29 is 28.6 Å². The highest BCUT2D eigenvalue weighted by molar-refractivity contribution is 5.90. The lowest BCUT2D eigenvalue weighted by atomic mass is 10.0. The molecule has 1 atom stereocenters. The molecule has 1 aliphatic carbocycles. The van der Waals surface area contributed by atoms with Crippen molar-refractivity contribution in [1.29, 1.82) is 0 Å². The van der Waals surface area contributed by atoms with Gasteiger partial charge in [-0.15, -0.1) is 0 Å². The maximum absolute atomic E-state index is 12.1. The van der Waals surface area contributed by atoms with Gasteiger partial charge in [0.25, 0.3) is 0 Å². The molecule has 0 bridgehead atoms. The van der Waals surface area contributed by atoms with Crippen molar-refractivity contribution in [3.05, 3.63) is 53.1 Å². The quantitative estimate of drug-likeness (QED) is 0.546. The monoisotopic (exact) mass is 514 g/mol. The topological polar surface area (TPSA) is 94.2 Å². The molecule has 1 N–H and O–H groups in total. The molecule has 1 unspecified atom stereocenters. The standard InChI is InChI=1S/C17H20N2O4.C9H12O2.C2H6.CH4/c1-11(20)18-9-16-10-19(17(22)23-16)14-6-5-13-8-15(21)4-2-3-12(13)7-14;1-7-4-5-8(10-2)6-9(7)11-3;1-2;/h5-7,16H,2-4,8-10H2,1H3,(H,18,20);4-6H,1-3H3;1-2H3;1H4. The summed E-state index contributed by atoms with van der Waals surface area (Å²) >= 11 is 0. The highest BCUT2D eigenvalue weighted by Crippen LogP contribution is 2.27. The lowest BCUT2D eigenvalue weighted by Crippen LogP contribution is -2.33. The minimum Gasteiger partial charge on any atom is -0.497 e. The molecule has 2 aliphatic rings. The van der Waals surface area contributed by atoms with Crippen molar-refractivity contribution >= 4 is 23.5 Å². The van der Waals surface area contributed by atoms with Gasteiger partial charge in [0.15, 0.2) is 0 Å². The number of anilines is 1. The van der Waals surface area contributed by atoms with Crippen LogP contribution in [0.3, 0.4) is 0 Å². The Hall–Kier alpha value is -3.55. The van der Waals surface area contributed by atoms with Gasteiger partial charge in [-0.25, -0.2) is 4.79 Å². The summed E-state index contributed by atoms with van der Waals surface area (Å²) in [5.74, 6) is 1.82. The first-order valence-electron chi connectivity index (χ1n) is 12.4. The van der Waals surface area contributed by atoms with Gasteiger partial charge in [-0.2, -0.15) is 0 Å². The van der Waals surface area contributed by atoms with Crippen LogP contribution in [0.25, 0.3) is 0 Å². The summed E-state index contributed by atoms with van der Waals surface area (Å²) in [5.41, 5.74) is 4.09. The zero-order chi connectivity index (χ0) is 26.7. The van der Waals surface area contributed by atoms with E-state index in [1.807, 2.05) is 57.2 Å². The number of fused-ring (bicyclic) bond motifs is 1. The van der Waals surface area contributed by atoms with Crippen molar-refractivity contribution in [1.82, 2.24) is 5.32 Å². The summed E-state index contributed by atoms with van der Waals surface area (Å²) < 4.78 is 15.4. The zero-order valence-corrected chi connectivity index (χ0v) is 22.2. The average Bonchev–Trinajstić information content (AvgIpc) is 3.15. The van der Waals surface area contributed by atoms with E-state index < -0.39 is 6.09 Å². The molecule has 1 heterocycles. The zero-order valence-electron chi connectivity index (χ0n) is 22.2. The fourth-order valence-electron chi connectivity index (χ4n) is 3.99. The molecule has 1 fully saturated rings. The lowest BCUT2D eigenvalue weighted by Gasteiger charge is -2.16. The van der Waals surface area contributed by atoms with Gasteiger partial charge in [-0.1, -0.05) is 33.4 Å². The van der Waals surface area contributed by atoms with Crippen molar-refractivity contribution in [2.24, 2.45) is 0 Å². The highest BCUT2D eigenvalue weighted by atomic mass is 16.6. The Bertz CT molecular complexity index is 1050. The number of aryl methyl sites for hydroxylation is 2. The predicted octanol–water partition coefficient (Wildman–Crippen LogP) is 5.27. The molecule has 1 saturated heterocycles. The Labute approximate surface area is 221 Å². The van der Waals surface area contributed by atoms with Gasteiger partial charge in [0.1, 0.15) is 23.4 Å². The van der Waals surface area contributed by atoms with E-state index in [4.69, 9.17) is 14.2 Å². The molecule has 4 rings (SSSR count). The molecule has 204 valence electrons. The fourth-order valence-corrected chi connectivity index (χ4v) is 3.99. The van der Waals surface area contributed by atoms with Gasteiger partial charge in [-0.05, 0) is 54.7 Å². The van der Waals surface area contributed by atoms with Gasteiger partial charge < -0.3 is 19.5 Å². The molecule has 2 amide bonds. The number of Topliss-reactive ketones (excluding diaryl/α,β-unsaturated/α-hetero) is 1. The molecule has 0 radical (unpaired) electrons. The Morgan fingerprint density at radius 1 is 1.05 bits per heavy atom. The second-order valence-electron chi connectivity index (χ2n) is 8.41. The number of benzene rings is 2. The molecule has 37 heavy (non-hydrogen) atoms. The Balaban J connectivity index is 0.000000414. The largest absolute Gasteiger partial charge is 0.497 e. The molecular weight excluding hydrogens is 472 g/mol. The van der Waals surface area contributed by atoms with Crippen LogP contribution in [0, 0.1) is 6.92 Å². The van der Waals surface area contributed by atoms with Gasteiger partial charge in [-0.3, -0.25) is 14.5 Å². The van der Waals surface area contributed by atoms with Crippen molar-refractivity contribution in [2.75, 3.05) is 32.2 Å². The van der Waals surface area contributed by atoms with E-state index in [1.165, 1.54) is 6.92 Å². The number of carbonyl (C=O) groups is 3. The third-order valence-electron chi connectivity index (χ3n) is 5.86. The maximum atomic E-state index is 12.1. The minimum atomic E-state index is -0.398. The Morgan fingerprint density at radius 2 is 1.78 bits per heavy atom. The van der Waals surface area contributed by atoms with E-state index in [0.717, 1.165) is 46.7 Å². The van der Waals surface area contributed by atoms with Crippen molar-refractivity contribution in [3.63, 3.8) is 0 Å². The SMILES string of the molecule is C.CC.CC(=O)NCC1CN(c2ccc3c(c2)CCCC(=O)C3)C(=O)O1.COc1ccc(C)c(OC)c1. The van der Waals surface area contributed by atoms with E-state index in [2.05, 4.69) is 5.32 Å².